The molecule has 2 nitrogen and oxygen atoms in total. The van der Waals surface area contributed by atoms with Crippen LogP contribution in [0.1, 0.15) is 19.8 Å². The van der Waals surface area contributed by atoms with E-state index in [0.29, 0.717) is 5.88 Å². The SMILES string of the molecule is CC(CCCCl)Nc1ncc(F)cc1F. The van der Waals surface area contributed by atoms with E-state index in [4.69, 9.17) is 11.6 Å². The van der Waals surface area contributed by atoms with Crippen molar-refractivity contribution in [3.05, 3.63) is 23.9 Å². The van der Waals surface area contributed by atoms with Crippen LogP contribution in [0.15, 0.2) is 12.3 Å². The highest BCUT2D eigenvalue weighted by atomic mass is 35.5. The van der Waals surface area contributed by atoms with Gasteiger partial charge < -0.3 is 5.32 Å². The van der Waals surface area contributed by atoms with E-state index < -0.39 is 11.6 Å². The number of pyridine rings is 1. The van der Waals surface area contributed by atoms with Gasteiger partial charge in [-0.05, 0) is 19.8 Å². The number of nitrogens with zero attached hydrogens (tertiary/aromatic N) is 1. The first-order valence-corrected chi connectivity index (χ1v) is 5.30. The second-order valence-corrected chi connectivity index (χ2v) is 3.74. The van der Waals surface area contributed by atoms with Crippen LogP contribution >= 0.6 is 11.6 Å². The fourth-order valence-corrected chi connectivity index (χ4v) is 1.36. The molecule has 0 amide bonds. The molecule has 1 rings (SSSR count). The zero-order chi connectivity index (χ0) is 11.3. The quantitative estimate of drug-likeness (QED) is 0.792. The van der Waals surface area contributed by atoms with E-state index >= 15 is 0 Å². The van der Waals surface area contributed by atoms with E-state index in [0.717, 1.165) is 25.1 Å². The maximum atomic E-state index is 13.1. The molecule has 1 atom stereocenters. The van der Waals surface area contributed by atoms with Crippen LogP contribution in [0, 0.1) is 11.6 Å². The summed E-state index contributed by atoms with van der Waals surface area (Å²) in [6.45, 7) is 1.90. The normalized spacial score (nSPS) is 12.5. The van der Waals surface area contributed by atoms with Crippen LogP contribution in [0.3, 0.4) is 0 Å². The summed E-state index contributed by atoms with van der Waals surface area (Å²) in [7, 11) is 0. The highest BCUT2D eigenvalue weighted by molar-refractivity contribution is 6.17. The molecule has 0 saturated heterocycles. The smallest absolute Gasteiger partial charge is 0.168 e. The zero-order valence-corrected chi connectivity index (χ0v) is 9.19. The number of hydrogen-bond acceptors (Lipinski definition) is 2. The second kappa shape index (κ2) is 5.85. The van der Waals surface area contributed by atoms with Crippen molar-refractivity contribution in [2.45, 2.75) is 25.8 Å². The van der Waals surface area contributed by atoms with Gasteiger partial charge in [0.1, 0.15) is 5.82 Å². The number of aromatic nitrogens is 1. The Bertz CT molecular complexity index is 320. The number of nitrogens with one attached hydrogen (secondary N) is 1. The Hall–Kier alpha value is -0.900. The summed E-state index contributed by atoms with van der Waals surface area (Å²) in [5, 5.41) is 2.86. The van der Waals surface area contributed by atoms with Crippen molar-refractivity contribution in [2.24, 2.45) is 0 Å². The third-order valence-electron chi connectivity index (χ3n) is 1.96. The number of alkyl halides is 1. The number of halogens is 3. The molecule has 15 heavy (non-hydrogen) atoms. The highest BCUT2D eigenvalue weighted by Crippen LogP contribution is 2.13. The fourth-order valence-electron chi connectivity index (χ4n) is 1.21. The number of hydrogen-bond donors (Lipinski definition) is 1. The van der Waals surface area contributed by atoms with Crippen molar-refractivity contribution in [1.82, 2.24) is 4.98 Å². The Labute approximate surface area is 92.7 Å². The van der Waals surface area contributed by atoms with Gasteiger partial charge in [-0.3, -0.25) is 0 Å². The van der Waals surface area contributed by atoms with Crippen LogP contribution in [-0.2, 0) is 0 Å². The summed E-state index contributed by atoms with van der Waals surface area (Å²) < 4.78 is 25.7. The maximum Gasteiger partial charge on any atom is 0.168 e. The first kappa shape index (κ1) is 12.2. The van der Waals surface area contributed by atoms with Gasteiger partial charge in [0.15, 0.2) is 11.6 Å². The van der Waals surface area contributed by atoms with Gasteiger partial charge in [-0.15, -0.1) is 11.6 Å². The first-order chi connectivity index (χ1) is 7.13. The van der Waals surface area contributed by atoms with E-state index in [1.807, 2.05) is 6.92 Å². The lowest BCUT2D eigenvalue weighted by atomic mass is 10.2. The molecule has 1 aromatic rings. The average Bonchev–Trinajstić information content (AvgIpc) is 2.19. The molecule has 0 aliphatic heterocycles. The molecule has 0 fully saturated rings. The summed E-state index contributed by atoms with van der Waals surface area (Å²) in [4.78, 5) is 3.63. The van der Waals surface area contributed by atoms with E-state index in [1.165, 1.54) is 0 Å². The molecule has 0 radical (unpaired) electrons. The van der Waals surface area contributed by atoms with Gasteiger partial charge in [0.05, 0.1) is 6.20 Å². The van der Waals surface area contributed by atoms with Crippen LogP contribution in [0.5, 0.6) is 0 Å². The molecule has 0 aliphatic carbocycles. The minimum Gasteiger partial charge on any atom is -0.365 e. The van der Waals surface area contributed by atoms with E-state index in [9.17, 15) is 8.78 Å². The molecule has 1 heterocycles. The number of rotatable bonds is 5. The molecule has 1 N–H and O–H groups in total. The maximum absolute atomic E-state index is 13.1. The van der Waals surface area contributed by atoms with Gasteiger partial charge in [0.2, 0.25) is 0 Å². The molecule has 0 bridgehead atoms. The Kier molecular flexibility index (Phi) is 4.75. The van der Waals surface area contributed by atoms with Gasteiger partial charge in [-0.1, -0.05) is 0 Å². The molecule has 0 aromatic carbocycles. The van der Waals surface area contributed by atoms with Crippen LogP contribution in [0.4, 0.5) is 14.6 Å². The molecule has 0 saturated carbocycles. The van der Waals surface area contributed by atoms with E-state index in [-0.39, 0.29) is 11.9 Å². The summed E-state index contributed by atoms with van der Waals surface area (Å²) in [5.74, 6) is -0.691. The van der Waals surface area contributed by atoms with Crippen molar-refractivity contribution in [3.8, 4) is 0 Å². The van der Waals surface area contributed by atoms with Crippen LogP contribution in [-0.4, -0.2) is 16.9 Å². The van der Waals surface area contributed by atoms with E-state index in [1.54, 1.807) is 0 Å². The summed E-state index contributed by atoms with van der Waals surface area (Å²) in [6.07, 6.45) is 2.65. The Morgan fingerprint density at radius 1 is 1.53 bits per heavy atom. The van der Waals surface area contributed by atoms with Gasteiger partial charge >= 0.3 is 0 Å². The van der Waals surface area contributed by atoms with E-state index in [2.05, 4.69) is 10.3 Å². The lowest BCUT2D eigenvalue weighted by molar-refractivity contribution is 0.571. The monoisotopic (exact) mass is 234 g/mol. The Morgan fingerprint density at radius 2 is 2.27 bits per heavy atom. The summed E-state index contributed by atoms with van der Waals surface area (Å²) in [5.41, 5.74) is 0. The molecule has 84 valence electrons. The van der Waals surface area contributed by atoms with Crippen LogP contribution in [0.25, 0.3) is 0 Å². The minimum absolute atomic E-state index is 0.0659. The van der Waals surface area contributed by atoms with Crippen LogP contribution < -0.4 is 5.32 Å². The average molecular weight is 235 g/mol. The van der Waals surface area contributed by atoms with Gasteiger partial charge in [0.25, 0.3) is 0 Å². The predicted octanol–water partition coefficient (Wildman–Crippen LogP) is 3.18. The standard InChI is InChI=1S/C10H13ClF2N2/c1-7(3-2-4-11)15-10-9(13)5-8(12)6-14-10/h5-7H,2-4H2,1H3,(H,14,15). The largest absolute Gasteiger partial charge is 0.365 e. The van der Waals surface area contributed by atoms with Crippen molar-refractivity contribution >= 4 is 17.4 Å². The summed E-state index contributed by atoms with van der Waals surface area (Å²) >= 11 is 5.53. The van der Waals surface area contributed by atoms with Crippen molar-refractivity contribution in [2.75, 3.05) is 11.2 Å². The molecule has 1 aromatic heterocycles. The number of anilines is 1. The third kappa shape index (κ3) is 4.00. The molecule has 0 aliphatic rings. The molecular formula is C10H13ClF2N2. The lowest BCUT2D eigenvalue weighted by Crippen LogP contribution is -2.17. The van der Waals surface area contributed by atoms with Gasteiger partial charge in [0, 0.05) is 18.0 Å². The summed E-state index contributed by atoms with van der Waals surface area (Å²) in [6, 6.07) is 0.875. The first-order valence-electron chi connectivity index (χ1n) is 4.77. The molecule has 0 spiro atoms. The zero-order valence-electron chi connectivity index (χ0n) is 8.43. The minimum atomic E-state index is -0.675. The van der Waals surface area contributed by atoms with Crippen LogP contribution in [0.2, 0.25) is 0 Å². The predicted molar refractivity (Wildman–Crippen MR) is 57.2 cm³/mol. The Morgan fingerprint density at radius 3 is 2.87 bits per heavy atom. The van der Waals surface area contributed by atoms with Crippen molar-refractivity contribution < 1.29 is 8.78 Å². The molecular weight excluding hydrogens is 222 g/mol. The molecule has 5 heteroatoms. The van der Waals surface area contributed by atoms with Gasteiger partial charge in [-0.2, -0.15) is 0 Å². The van der Waals surface area contributed by atoms with Gasteiger partial charge in [-0.25, -0.2) is 13.8 Å². The van der Waals surface area contributed by atoms with Crippen molar-refractivity contribution in [1.29, 1.82) is 0 Å². The third-order valence-corrected chi connectivity index (χ3v) is 2.23. The lowest BCUT2D eigenvalue weighted by Gasteiger charge is -2.13. The molecule has 1 unspecified atom stereocenters. The van der Waals surface area contributed by atoms with Crippen molar-refractivity contribution in [3.63, 3.8) is 0 Å². The second-order valence-electron chi connectivity index (χ2n) is 3.36. The highest BCUT2D eigenvalue weighted by Gasteiger charge is 2.08. The fraction of sp³-hybridized carbons (Fsp3) is 0.500. The topological polar surface area (TPSA) is 24.9 Å². The Balaban J connectivity index is 2.56.